The van der Waals surface area contributed by atoms with Crippen LogP contribution < -0.4 is 5.73 Å². The van der Waals surface area contributed by atoms with Gasteiger partial charge >= 0.3 is 6.18 Å². The van der Waals surface area contributed by atoms with Crippen LogP contribution in [-0.2, 0) is 16.2 Å². The highest BCUT2D eigenvalue weighted by atomic mass is 32.2. The zero-order valence-corrected chi connectivity index (χ0v) is 14.9. The fourth-order valence-corrected chi connectivity index (χ4v) is 5.00. The molecule has 0 unspecified atom stereocenters. The maximum absolute atomic E-state index is 12.9. The van der Waals surface area contributed by atoms with E-state index in [2.05, 4.69) is 0 Å². The van der Waals surface area contributed by atoms with Gasteiger partial charge in [-0.25, -0.2) is 8.42 Å². The molecule has 2 atom stereocenters. The van der Waals surface area contributed by atoms with E-state index in [0.717, 1.165) is 23.8 Å². The van der Waals surface area contributed by atoms with Crippen LogP contribution in [0.4, 0.5) is 13.2 Å². The van der Waals surface area contributed by atoms with E-state index in [4.69, 9.17) is 5.73 Å². The maximum Gasteiger partial charge on any atom is 0.416 e. The Kier molecular flexibility index (Phi) is 4.85. The number of alkyl halides is 3. The lowest BCUT2D eigenvalue weighted by Crippen LogP contribution is -2.32. The smallest absolute Gasteiger partial charge is 0.326 e. The largest absolute Gasteiger partial charge is 0.416 e. The first-order valence-corrected chi connectivity index (χ1v) is 9.53. The molecule has 1 saturated heterocycles. The summed E-state index contributed by atoms with van der Waals surface area (Å²) < 4.78 is 65.5. The molecule has 0 radical (unpaired) electrons. The van der Waals surface area contributed by atoms with Gasteiger partial charge in [0.15, 0.2) is 0 Å². The summed E-state index contributed by atoms with van der Waals surface area (Å²) in [6.07, 6.45) is -4.51. The SMILES string of the molecule is Cc1cc(C(F)(F)F)ccc1S(=O)(=O)N1C[C@@H](N)[C@H](c2ccccc2)C1. The molecule has 4 nitrogen and oxygen atoms in total. The number of benzene rings is 2. The normalized spacial score (nSPS) is 21.9. The highest BCUT2D eigenvalue weighted by Gasteiger charge is 2.39. The Balaban J connectivity index is 1.90. The first kappa shape index (κ1) is 18.9. The molecule has 2 N–H and O–H groups in total. The molecule has 1 fully saturated rings. The van der Waals surface area contributed by atoms with Crippen LogP contribution in [0.1, 0.15) is 22.6 Å². The third-order valence-electron chi connectivity index (χ3n) is 4.68. The fraction of sp³-hybridized carbons (Fsp3) is 0.333. The molecule has 0 aliphatic carbocycles. The van der Waals surface area contributed by atoms with Crippen LogP contribution in [0.2, 0.25) is 0 Å². The van der Waals surface area contributed by atoms with Crippen molar-refractivity contribution >= 4 is 10.0 Å². The molecular formula is C18H19F3N2O2S. The Morgan fingerprint density at radius 3 is 2.31 bits per heavy atom. The van der Waals surface area contributed by atoms with Gasteiger partial charge in [0.2, 0.25) is 10.0 Å². The molecule has 3 rings (SSSR count). The second kappa shape index (κ2) is 6.68. The molecule has 0 spiro atoms. The predicted octanol–water partition coefficient (Wildman–Crippen LogP) is 3.13. The Morgan fingerprint density at radius 2 is 1.73 bits per heavy atom. The van der Waals surface area contributed by atoms with Gasteiger partial charge in [-0.05, 0) is 36.2 Å². The molecule has 0 saturated carbocycles. The van der Waals surface area contributed by atoms with Crippen LogP contribution in [0.5, 0.6) is 0 Å². The molecule has 2 aromatic carbocycles. The number of hydrogen-bond acceptors (Lipinski definition) is 3. The second-order valence-corrected chi connectivity index (χ2v) is 8.39. The summed E-state index contributed by atoms with van der Waals surface area (Å²) in [5.74, 6) is -0.152. The molecule has 1 heterocycles. The van der Waals surface area contributed by atoms with E-state index in [9.17, 15) is 21.6 Å². The summed E-state index contributed by atoms with van der Waals surface area (Å²) in [5, 5.41) is 0. The number of hydrogen-bond donors (Lipinski definition) is 1. The van der Waals surface area contributed by atoms with Gasteiger partial charge in [0.1, 0.15) is 0 Å². The lowest BCUT2D eigenvalue weighted by molar-refractivity contribution is -0.137. The number of aryl methyl sites for hydroxylation is 1. The Bertz CT molecular complexity index is 898. The Labute approximate surface area is 150 Å². The Hall–Kier alpha value is -1.90. The fourth-order valence-electron chi connectivity index (χ4n) is 3.30. The third kappa shape index (κ3) is 3.49. The molecule has 140 valence electrons. The van der Waals surface area contributed by atoms with Gasteiger partial charge in [-0.2, -0.15) is 17.5 Å². The molecular weight excluding hydrogens is 365 g/mol. The average molecular weight is 384 g/mol. The minimum Gasteiger partial charge on any atom is -0.326 e. The molecule has 8 heteroatoms. The summed E-state index contributed by atoms with van der Waals surface area (Å²) in [7, 11) is -3.92. The summed E-state index contributed by atoms with van der Waals surface area (Å²) in [6.45, 7) is 1.70. The van der Waals surface area contributed by atoms with E-state index in [1.807, 2.05) is 30.3 Å². The predicted molar refractivity (Wildman–Crippen MR) is 92.1 cm³/mol. The molecule has 0 amide bonds. The van der Waals surface area contributed by atoms with Crippen molar-refractivity contribution in [3.8, 4) is 0 Å². The average Bonchev–Trinajstić information content (AvgIpc) is 2.97. The number of nitrogens with two attached hydrogens (primary N) is 1. The number of halogens is 3. The number of rotatable bonds is 3. The standard InChI is InChI=1S/C18H19F3N2O2S/c1-12-9-14(18(19,20)21)7-8-17(12)26(24,25)23-10-15(16(22)11-23)13-5-3-2-4-6-13/h2-9,15-16H,10-11,22H2,1H3/t15-,16+/m0/s1. The van der Waals surface area contributed by atoms with E-state index < -0.39 is 21.8 Å². The van der Waals surface area contributed by atoms with Gasteiger partial charge in [-0.15, -0.1) is 0 Å². The first-order chi connectivity index (χ1) is 12.1. The van der Waals surface area contributed by atoms with E-state index in [1.165, 1.54) is 11.2 Å². The lowest BCUT2D eigenvalue weighted by atomic mass is 9.95. The van der Waals surface area contributed by atoms with Gasteiger partial charge in [0, 0.05) is 25.0 Å². The molecule has 1 aliphatic heterocycles. The lowest BCUT2D eigenvalue weighted by Gasteiger charge is -2.19. The maximum atomic E-state index is 12.9. The molecule has 2 aromatic rings. The topological polar surface area (TPSA) is 63.4 Å². The van der Waals surface area contributed by atoms with Crippen molar-refractivity contribution in [1.29, 1.82) is 0 Å². The van der Waals surface area contributed by atoms with Crippen molar-refractivity contribution < 1.29 is 21.6 Å². The molecule has 0 bridgehead atoms. The summed E-state index contributed by atoms with van der Waals surface area (Å²) in [5.41, 5.74) is 6.29. The van der Waals surface area contributed by atoms with Crippen LogP contribution >= 0.6 is 0 Å². The van der Waals surface area contributed by atoms with Crippen molar-refractivity contribution in [3.05, 3.63) is 65.2 Å². The summed E-state index contributed by atoms with van der Waals surface area (Å²) >= 11 is 0. The van der Waals surface area contributed by atoms with Gasteiger partial charge in [-0.1, -0.05) is 30.3 Å². The van der Waals surface area contributed by atoms with Crippen molar-refractivity contribution in [2.75, 3.05) is 13.1 Å². The summed E-state index contributed by atoms with van der Waals surface area (Å²) in [4.78, 5) is -0.119. The van der Waals surface area contributed by atoms with Crippen LogP contribution in [0.15, 0.2) is 53.4 Å². The zero-order chi connectivity index (χ0) is 19.1. The quantitative estimate of drug-likeness (QED) is 0.884. The Morgan fingerprint density at radius 1 is 1.08 bits per heavy atom. The van der Waals surface area contributed by atoms with Gasteiger partial charge in [-0.3, -0.25) is 0 Å². The van der Waals surface area contributed by atoms with Gasteiger partial charge in [0.25, 0.3) is 0 Å². The van der Waals surface area contributed by atoms with E-state index in [1.54, 1.807) is 0 Å². The number of sulfonamides is 1. The van der Waals surface area contributed by atoms with Crippen LogP contribution in [0, 0.1) is 6.92 Å². The first-order valence-electron chi connectivity index (χ1n) is 8.09. The molecule has 0 aromatic heterocycles. The van der Waals surface area contributed by atoms with E-state index in [-0.39, 0.29) is 35.5 Å². The van der Waals surface area contributed by atoms with Crippen molar-refractivity contribution in [2.45, 2.75) is 30.0 Å². The highest BCUT2D eigenvalue weighted by Crippen LogP contribution is 2.34. The minimum absolute atomic E-state index is 0.0663. The second-order valence-electron chi connectivity index (χ2n) is 6.48. The molecule has 1 aliphatic rings. The van der Waals surface area contributed by atoms with Crippen LogP contribution in [0.3, 0.4) is 0 Å². The number of nitrogens with zero attached hydrogens (tertiary/aromatic N) is 1. The van der Waals surface area contributed by atoms with Gasteiger partial charge in [0.05, 0.1) is 10.5 Å². The molecule has 26 heavy (non-hydrogen) atoms. The van der Waals surface area contributed by atoms with Gasteiger partial charge < -0.3 is 5.73 Å². The van der Waals surface area contributed by atoms with E-state index >= 15 is 0 Å². The monoisotopic (exact) mass is 384 g/mol. The third-order valence-corrected chi connectivity index (χ3v) is 6.67. The van der Waals surface area contributed by atoms with Crippen molar-refractivity contribution in [3.63, 3.8) is 0 Å². The van der Waals surface area contributed by atoms with Crippen molar-refractivity contribution in [1.82, 2.24) is 4.31 Å². The highest BCUT2D eigenvalue weighted by molar-refractivity contribution is 7.89. The van der Waals surface area contributed by atoms with E-state index in [0.29, 0.717) is 0 Å². The van der Waals surface area contributed by atoms with Crippen LogP contribution in [-0.4, -0.2) is 31.9 Å². The summed E-state index contributed by atoms with van der Waals surface area (Å²) in [6, 6.07) is 11.7. The van der Waals surface area contributed by atoms with Crippen LogP contribution in [0.25, 0.3) is 0 Å². The van der Waals surface area contributed by atoms with Crippen molar-refractivity contribution in [2.24, 2.45) is 5.73 Å². The minimum atomic E-state index is -4.51. The zero-order valence-electron chi connectivity index (χ0n) is 14.1.